The number of hydrogen-bond donors (Lipinski definition) is 0. The molecule has 0 saturated heterocycles. The molecule has 29 heavy (non-hydrogen) atoms. The summed E-state index contributed by atoms with van der Waals surface area (Å²) >= 11 is -0.770. The van der Waals surface area contributed by atoms with Gasteiger partial charge in [0.15, 0.2) is 0 Å². The van der Waals surface area contributed by atoms with Crippen molar-refractivity contribution in [1.82, 2.24) is 0 Å². The van der Waals surface area contributed by atoms with Crippen LogP contribution in [0.25, 0.3) is 16.7 Å². The van der Waals surface area contributed by atoms with Gasteiger partial charge in [0, 0.05) is 0 Å². The van der Waals surface area contributed by atoms with Crippen molar-refractivity contribution in [2.45, 2.75) is 34.9 Å². The van der Waals surface area contributed by atoms with E-state index < -0.39 is 23.2 Å². The predicted molar refractivity (Wildman–Crippen MR) is 111 cm³/mol. The molecule has 3 heteroatoms. The molecule has 5 rings (SSSR count). The Morgan fingerprint density at radius 1 is 0.586 bits per heavy atom. The van der Waals surface area contributed by atoms with Gasteiger partial charge in [-0.05, 0) is 0 Å². The molecule has 3 aromatic rings. The van der Waals surface area contributed by atoms with Crippen LogP contribution in [-0.4, -0.2) is 0 Å². The van der Waals surface area contributed by atoms with Crippen LogP contribution >= 0.6 is 0 Å². The molecule has 0 spiro atoms. The van der Waals surface area contributed by atoms with Crippen molar-refractivity contribution < 1.29 is 48.0 Å². The van der Waals surface area contributed by atoms with Crippen LogP contribution in [0.3, 0.4) is 0 Å². The Bertz CT molecular complexity index is 1060. The zero-order chi connectivity index (χ0) is 18.7. The fourth-order valence-electron chi connectivity index (χ4n) is 4.73. The second-order valence-electron chi connectivity index (χ2n) is 8.20. The smallest absolute Gasteiger partial charge is 1.00 e. The van der Waals surface area contributed by atoms with Gasteiger partial charge in [-0.2, -0.15) is 0 Å². The summed E-state index contributed by atoms with van der Waals surface area (Å²) in [7, 11) is 0. The van der Waals surface area contributed by atoms with E-state index in [9.17, 15) is 0 Å². The number of rotatable bonds is 2. The van der Waals surface area contributed by atoms with E-state index in [1.54, 1.807) is 16.7 Å². The maximum absolute atomic E-state index is 2.57. The molecule has 0 nitrogen and oxygen atoms in total. The first kappa shape index (κ1) is 22.5. The molecule has 1 atom stereocenters. The molecule has 0 amide bonds. The van der Waals surface area contributed by atoms with Crippen LogP contribution in [0.1, 0.15) is 53.1 Å². The molecule has 2 aliphatic carbocycles. The molecular weight excluding hydrogens is 474 g/mol. The molecule has 146 valence electrons. The predicted octanol–water partition coefficient (Wildman–Crippen LogP) is 0.930. The van der Waals surface area contributed by atoms with E-state index >= 15 is 0 Å². The van der Waals surface area contributed by atoms with Gasteiger partial charge >= 0.3 is 174 Å². The molecule has 0 aliphatic heterocycles. The number of hydrogen-bond acceptors (Lipinski definition) is 0. The summed E-state index contributed by atoms with van der Waals surface area (Å²) in [5.41, 5.74) is 14.8. The second-order valence-corrected chi connectivity index (χ2v) is 12.0. The number of halogens is 2. The summed E-state index contributed by atoms with van der Waals surface area (Å²) in [6, 6.07) is 21.2. The van der Waals surface area contributed by atoms with Crippen molar-refractivity contribution in [3.63, 3.8) is 0 Å². The molecule has 0 radical (unpaired) electrons. The summed E-state index contributed by atoms with van der Waals surface area (Å²) in [4.78, 5) is 0. The minimum atomic E-state index is -0.770. The van der Waals surface area contributed by atoms with Gasteiger partial charge in [-0.25, -0.2) is 0 Å². The summed E-state index contributed by atoms with van der Waals surface area (Å²) < 4.78 is 1.33. The standard InChI is InChI=1S/C15H13.C11H11.2ClH.Zr/c1-10-3-5-14-12(7-10)9-13-8-11(2)4-6-15(13)14;1-8-3-6-11-9(2)4-5-10(11)7-8;;;/h3-9H,1-2H3;3-7H,1-2H3;2*1H;/q;;;;+2/p-2. The van der Waals surface area contributed by atoms with Gasteiger partial charge < -0.3 is 24.8 Å². The summed E-state index contributed by atoms with van der Waals surface area (Å²) in [6.45, 7) is 8.98. The van der Waals surface area contributed by atoms with Crippen LogP contribution in [0.2, 0.25) is 0 Å². The number of fused-ring (bicyclic) bond motifs is 4. The van der Waals surface area contributed by atoms with Gasteiger partial charge in [0.2, 0.25) is 0 Å². The second kappa shape index (κ2) is 8.54. The zero-order valence-electron chi connectivity index (χ0n) is 17.2. The molecular formula is C26H24Cl2Zr. The van der Waals surface area contributed by atoms with Gasteiger partial charge in [-0.1, -0.05) is 0 Å². The Morgan fingerprint density at radius 2 is 1.03 bits per heavy atom. The number of allylic oxidation sites excluding steroid dienone is 2. The van der Waals surface area contributed by atoms with E-state index in [1.165, 1.54) is 39.0 Å². The largest absolute Gasteiger partial charge is 1.00 e. The molecule has 0 fully saturated rings. The van der Waals surface area contributed by atoms with Crippen molar-refractivity contribution >= 4 is 5.57 Å². The zero-order valence-corrected chi connectivity index (χ0v) is 21.2. The maximum atomic E-state index is 2.57. The van der Waals surface area contributed by atoms with Crippen LogP contribution in [0.4, 0.5) is 0 Å². The van der Waals surface area contributed by atoms with E-state index in [4.69, 9.17) is 0 Å². The van der Waals surface area contributed by atoms with Gasteiger partial charge in [-0.3, -0.25) is 0 Å². The minimum Gasteiger partial charge on any atom is -1.00 e. The Hall–Kier alpha value is -1.14. The normalized spacial score (nSPS) is 16.0. The average molecular weight is 499 g/mol. The van der Waals surface area contributed by atoms with E-state index in [0.29, 0.717) is 7.25 Å². The van der Waals surface area contributed by atoms with E-state index in [2.05, 4.69) is 88.4 Å². The molecule has 0 aromatic heterocycles. The molecule has 1 unspecified atom stereocenters. The van der Waals surface area contributed by atoms with Crippen molar-refractivity contribution in [2.24, 2.45) is 0 Å². The third-order valence-corrected chi connectivity index (χ3v) is 10.5. The van der Waals surface area contributed by atoms with Crippen LogP contribution in [0, 0.1) is 20.8 Å². The van der Waals surface area contributed by atoms with Gasteiger partial charge in [0.05, 0.1) is 0 Å². The molecule has 3 aromatic carbocycles. The fraction of sp³-hybridized carbons (Fsp3) is 0.231. The van der Waals surface area contributed by atoms with Gasteiger partial charge in [-0.15, -0.1) is 0 Å². The summed E-state index contributed by atoms with van der Waals surface area (Å²) in [6.07, 6.45) is 2.57. The Labute approximate surface area is 198 Å². The first-order valence-electron chi connectivity index (χ1n) is 9.78. The first-order chi connectivity index (χ1) is 13.0. The van der Waals surface area contributed by atoms with Crippen molar-refractivity contribution in [3.05, 3.63) is 99.6 Å². The topological polar surface area (TPSA) is 0 Å². The van der Waals surface area contributed by atoms with Crippen molar-refractivity contribution in [3.8, 4) is 11.1 Å². The summed E-state index contributed by atoms with van der Waals surface area (Å²) in [5, 5.41) is 0. The third kappa shape index (κ3) is 3.83. The number of benzene rings is 3. The molecule has 2 aliphatic rings. The van der Waals surface area contributed by atoms with E-state index in [1.807, 2.05) is 0 Å². The minimum absolute atomic E-state index is 0. The molecule has 0 bridgehead atoms. The summed E-state index contributed by atoms with van der Waals surface area (Å²) in [5.74, 6) is 0. The first-order valence-corrected chi connectivity index (χ1v) is 12.6. The maximum Gasteiger partial charge on any atom is -1.00 e. The van der Waals surface area contributed by atoms with E-state index in [-0.39, 0.29) is 24.8 Å². The van der Waals surface area contributed by atoms with Gasteiger partial charge in [0.25, 0.3) is 0 Å². The molecule has 0 heterocycles. The van der Waals surface area contributed by atoms with Crippen LogP contribution in [-0.2, 0) is 23.2 Å². The monoisotopic (exact) mass is 496 g/mol. The van der Waals surface area contributed by atoms with Crippen LogP contribution < -0.4 is 24.8 Å². The fourth-order valence-corrected chi connectivity index (χ4v) is 9.54. The van der Waals surface area contributed by atoms with E-state index in [0.717, 1.165) is 0 Å². The molecule has 0 saturated carbocycles. The Kier molecular flexibility index (Phi) is 6.64. The SMILES string of the molecule is CC1=C[CH]([Zr+2][CH]2c3cc(C)ccc3-c3ccc(C)cc32)c2cc(C)ccc21.[Cl-].[Cl-]. The van der Waals surface area contributed by atoms with Crippen molar-refractivity contribution in [2.75, 3.05) is 0 Å². The third-order valence-electron chi connectivity index (χ3n) is 6.06. The Balaban J connectivity index is 0.00000120. The number of aryl methyl sites for hydroxylation is 3. The molecule has 0 N–H and O–H groups in total. The average Bonchev–Trinajstić information content (AvgIpc) is 3.10. The van der Waals surface area contributed by atoms with Crippen LogP contribution in [0.15, 0.2) is 60.7 Å². The van der Waals surface area contributed by atoms with Crippen molar-refractivity contribution in [1.29, 1.82) is 0 Å². The Morgan fingerprint density at radius 3 is 1.55 bits per heavy atom. The quantitative estimate of drug-likeness (QED) is 0.494. The van der Waals surface area contributed by atoms with Crippen LogP contribution in [0.5, 0.6) is 0 Å². The van der Waals surface area contributed by atoms with Gasteiger partial charge in [0.1, 0.15) is 0 Å².